The summed E-state index contributed by atoms with van der Waals surface area (Å²) in [5, 5.41) is 31.3. The van der Waals surface area contributed by atoms with Crippen molar-refractivity contribution in [3.63, 3.8) is 0 Å². The molecule has 0 atom stereocenters. The SMILES string of the molecule is N#CC(C#N)=C1C=CC=C(c2cc3c([O-])c(c2)COCCOCCOCCOCCOC3)C=C1.O.[K+]. The Labute approximate surface area is 254 Å². The average molecular weight is 521 g/mol. The molecule has 2 aliphatic rings. The molecule has 1 aliphatic heterocycles. The second-order valence-corrected chi connectivity index (χ2v) is 7.43. The van der Waals surface area contributed by atoms with Gasteiger partial charge in [0.2, 0.25) is 0 Å². The van der Waals surface area contributed by atoms with Gasteiger partial charge in [-0.15, -0.1) is 0 Å². The molecular weight excluding hydrogens is 491 g/mol. The molecular formula is C26H29KN2O7. The fourth-order valence-electron chi connectivity index (χ4n) is 3.34. The molecule has 10 heteroatoms. The van der Waals surface area contributed by atoms with Crippen LogP contribution in [0.1, 0.15) is 16.7 Å². The molecule has 1 aliphatic carbocycles. The number of nitriles is 2. The summed E-state index contributed by atoms with van der Waals surface area (Å²) in [6, 6.07) is 7.41. The van der Waals surface area contributed by atoms with Gasteiger partial charge in [0, 0.05) is 5.57 Å². The van der Waals surface area contributed by atoms with Crippen molar-refractivity contribution in [3.05, 3.63) is 70.3 Å². The standard InChI is InChI=1S/C26H28N2O6.K.H2O/c27-16-25(17-28)21-3-1-2-20(4-5-21)22-14-23-18-33-12-10-31-8-6-30-7-9-32-11-13-34-19-24(15-22)26(23)29;;/h1-5,14-15,29H,6-13,18-19H2;;1H2/q;+1;/p-1. The van der Waals surface area contributed by atoms with Gasteiger partial charge in [-0.25, -0.2) is 0 Å². The van der Waals surface area contributed by atoms with Crippen LogP contribution in [-0.4, -0.2) is 58.3 Å². The maximum absolute atomic E-state index is 13.0. The summed E-state index contributed by atoms with van der Waals surface area (Å²) in [6.07, 6.45) is 8.89. The van der Waals surface area contributed by atoms with Gasteiger partial charge in [-0.2, -0.15) is 10.5 Å². The van der Waals surface area contributed by atoms with Gasteiger partial charge >= 0.3 is 51.4 Å². The Morgan fingerprint density at radius 2 is 1.19 bits per heavy atom. The van der Waals surface area contributed by atoms with Gasteiger partial charge in [-0.1, -0.05) is 36.1 Å². The maximum atomic E-state index is 13.0. The molecule has 1 aromatic carbocycles. The molecule has 0 saturated heterocycles. The second-order valence-electron chi connectivity index (χ2n) is 7.43. The summed E-state index contributed by atoms with van der Waals surface area (Å²) in [5.41, 5.74) is 3.25. The number of fused-ring (bicyclic) bond motifs is 2. The Bertz CT molecular complexity index is 998. The summed E-state index contributed by atoms with van der Waals surface area (Å²) in [4.78, 5) is 0. The van der Waals surface area contributed by atoms with E-state index in [0.29, 0.717) is 69.6 Å². The summed E-state index contributed by atoms with van der Waals surface area (Å²) in [5.74, 6) is -0.120. The largest absolute Gasteiger partial charge is 1.00 e. The van der Waals surface area contributed by atoms with Crippen molar-refractivity contribution in [2.75, 3.05) is 52.9 Å². The predicted molar refractivity (Wildman–Crippen MR) is 126 cm³/mol. The minimum absolute atomic E-state index is 0. The molecule has 9 nitrogen and oxygen atoms in total. The summed E-state index contributed by atoms with van der Waals surface area (Å²) >= 11 is 0. The number of hydrogen-bond acceptors (Lipinski definition) is 8. The van der Waals surface area contributed by atoms with Crippen LogP contribution in [0.5, 0.6) is 5.75 Å². The topological polar surface area (TPSA) is 148 Å². The van der Waals surface area contributed by atoms with Crippen LogP contribution in [0.2, 0.25) is 0 Å². The fraction of sp³-hybridized carbons (Fsp3) is 0.385. The smallest absolute Gasteiger partial charge is 0.872 e. The average Bonchev–Trinajstić information content (AvgIpc) is 3.10. The molecule has 1 heterocycles. The van der Waals surface area contributed by atoms with E-state index in [1.54, 1.807) is 30.4 Å². The van der Waals surface area contributed by atoms with Crippen molar-refractivity contribution in [1.29, 1.82) is 10.5 Å². The zero-order chi connectivity index (χ0) is 24.0. The van der Waals surface area contributed by atoms with Gasteiger partial charge in [-0.05, 0) is 34.4 Å². The van der Waals surface area contributed by atoms with E-state index in [0.717, 1.165) is 11.1 Å². The Kier molecular flexibility index (Phi) is 16.7. The Balaban J connectivity index is 0.00000324. The summed E-state index contributed by atoms with van der Waals surface area (Å²) in [7, 11) is 0. The third kappa shape index (κ3) is 10.4. The second kappa shape index (κ2) is 18.6. The zero-order valence-corrected chi connectivity index (χ0v) is 23.6. The van der Waals surface area contributed by atoms with Gasteiger partial charge in [0.1, 0.15) is 17.7 Å². The van der Waals surface area contributed by atoms with Gasteiger partial charge in [0.15, 0.2) is 0 Å². The van der Waals surface area contributed by atoms with Crippen molar-refractivity contribution in [3.8, 4) is 17.9 Å². The molecule has 2 N–H and O–H groups in total. The number of benzene rings is 1. The van der Waals surface area contributed by atoms with E-state index in [2.05, 4.69) is 0 Å². The normalized spacial score (nSPS) is 17.5. The van der Waals surface area contributed by atoms with E-state index in [4.69, 9.17) is 34.2 Å². The van der Waals surface area contributed by atoms with Gasteiger partial charge < -0.3 is 34.3 Å². The number of allylic oxidation sites excluding steroid dienone is 8. The molecule has 0 radical (unpaired) electrons. The maximum Gasteiger partial charge on any atom is 1.00 e. The molecule has 36 heavy (non-hydrogen) atoms. The summed E-state index contributed by atoms with van der Waals surface area (Å²) < 4.78 is 27.7. The fourth-order valence-corrected chi connectivity index (χ4v) is 3.34. The Hall–Kier alpha value is -1.64. The van der Waals surface area contributed by atoms with Crippen LogP contribution in [-0.2, 0) is 36.9 Å². The number of hydrogen-bond donors (Lipinski definition) is 0. The van der Waals surface area contributed by atoms with E-state index in [9.17, 15) is 5.11 Å². The van der Waals surface area contributed by atoms with E-state index < -0.39 is 0 Å². The van der Waals surface area contributed by atoms with Gasteiger partial charge in [0.05, 0.1) is 66.1 Å². The third-order valence-corrected chi connectivity index (χ3v) is 5.09. The molecule has 186 valence electrons. The van der Waals surface area contributed by atoms with Crippen LogP contribution in [0.15, 0.2) is 53.7 Å². The Morgan fingerprint density at radius 3 is 1.67 bits per heavy atom. The van der Waals surface area contributed by atoms with Crippen molar-refractivity contribution < 1.29 is 85.7 Å². The molecule has 0 spiro atoms. The van der Waals surface area contributed by atoms with Gasteiger partial charge in [-0.3, -0.25) is 0 Å². The molecule has 1 aromatic rings. The monoisotopic (exact) mass is 520 g/mol. The van der Waals surface area contributed by atoms with Crippen molar-refractivity contribution in [2.24, 2.45) is 0 Å². The molecule has 2 bridgehead atoms. The zero-order valence-electron chi connectivity index (χ0n) is 20.5. The summed E-state index contributed by atoms with van der Waals surface area (Å²) in [6.45, 7) is 3.68. The van der Waals surface area contributed by atoms with Crippen LogP contribution in [0.3, 0.4) is 0 Å². The number of rotatable bonds is 1. The first-order valence-electron chi connectivity index (χ1n) is 11.1. The molecule has 0 unspecified atom stereocenters. The van der Waals surface area contributed by atoms with Crippen LogP contribution in [0.4, 0.5) is 0 Å². The van der Waals surface area contributed by atoms with E-state index >= 15 is 0 Å². The number of nitrogens with zero attached hydrogens (tertiary/aromatic N) is 2. The Morgan fingerprint density at radius 1 is 0.722 bits per heavy atom. The minimum Gasteiger partial charge on any atom is -0.872 e. The molecule has 0 fully saturated rings. The van der Waals surface area contributed by atoms with Crippen LogP contribution >= 0.6 is 0 Å². The van der Waals surface area contributed by atoms with E-state index in [1.165, 1.54) is 0 Å². The van der Waals surface area contributed by atoms with Crippen LogP contribution < -0.4 is 56.5 Å². The molecule has 0 amide bonds. The number of ether oxygens (including phenoxy) is 5. The van der Waals surface area contributed by atoms with Crippen molar-refractivity contribution in [1.82, 2.24) is 0 Å². The third-order valence-electron chi connectivity index (χ3n) is 5.09. The molecule has 0 aromatic heterocycles. The molecule has 3 rings (SSSR count). The first-order chi connectivity index (χ1) is 16.7. The molecule has 0 saturated carbocycles. The van der Waals surface area contributed by atoms with E-state index in [-0.39, 0.29) is 81.4 Å². The predicted octanol–water partition coefficient (Wildman–Crippen LogP) is -1.11. The first-order valence-corrected chi connectivity index (χ1v) is 11.1. The minimum atomic E-state index is -0.120. The van der Waals surface area contributed by atoms with Crippen LogP contribution in [0, 0.1) is 22.7 Å². The van der Waals surface area contributed by atoms with Crippen LogP contribution in [0.25, 0.3) is 5.57 Å². The van der Waals surface area contributed by atoms with Crippen molar-refractivity contribution in [2.45, 2.75) is 13.2 Å². The van der Waals surface area contributed by atoms with E-state index in [1.807, 2.05) is 24.3 Å². The quantitative estimate of drug-likeness (QED) is 0.334. The van der Waals surface area contributed by atoms with Gasteiger partial charge in [0.25, 0.3) is 0 Å². The first kappa shape index (κ1) is 32.4. The van der Waals surface area contributed by atoms with Crippen molar-refractivity contribution >= 4 is 5.57 Å².